The molecule has 1 aromatic carbocycles. The first kappa shape index (κ1) is 17.0. The highest BCUT2D eigenvalue weighted by atomic mass is 35.5. The van der Waals surface area contributed by atoms with Crippen molar-refractivity contribution in [1.29, 1.82) is 0 Å². The molecule has 2 heterocycles. The standard InChI is InChI=1S/C16H9ClF3N3O2/c17-11-5-8(16(18,19)20)6-22-15(11)23-7-10(13(24)14(21)25)9-3-1-2-4-12(9)23/h1-7H,(H2,21,25). The number of nitrogens with zero attached hydrogens (tertiary/aromatic N) is 2. The highest BCUT2D eigenvalue weighted by molar-refractivity contribution is 6.44. The molecule has 128 valence electrons. The van der Waals surface area contributed by atoms with Crippen molar-refractivity contribution in [3.63, 3.8) is 0 Å². The lowest BCUT2D eigenvalue weighted by atomic mass is 10.1. The van der Waals surface area contributed by atoms with Crippen LogP contribution in [0.1, 0.15) is 15.9 Å². The van der Waals surface area contributed by atoms with Gasteiger partial charge in [0.2, 0.25) is 0 Å². The van der Waals surface area contributed by atoms with Crippen LogP contribution in [0.3, 0.4) is 0 Å². The summed E-state index contributed by atoms with van der Waals surface area (Å²) in [5.74, 6) is -2.07. The van der Waals surface area contributed by atoms with Gasteiger partial charge in [0.25, 0.3) is 11.7 Å². The zero-order valence-corrected chi connectivity index (χ0v) is 13.1. The molecule has 25 heavy (non-hydrogen) atoms. The molecule has 0 aliphatic carbocycles. The van der Waals surface area contributed by atoms with E-state index in [9.17, 15) is 22.8 Å². The zero-order valence-electron chi connectivity index (χ0n) is 12.3. The van der Waals surface area contributed by atoms with Crippen molar-refractivity contribution >= 4 is 34.2 Å². The first-order valence-corrected chi connectivity index (χ1v) is 7.25. The third-order valence-electron chi connectivity index (χ3n) is 3.56. The highest BCUT2D eigenvalue weighted by Gasteiger charge is 2.32. The van der Waals surface area contributed by atoms with Crippen molar-refractivity contribution in [2.45, 2.75) is 6.18 Å². The molecule has 0 fully saturated rings. The van der Waals surface area contributed by atoms with E-state index in [0.29, 0.717) is 17.1 Å². The SMILES string of the molecule is NC(=O)C(=O)c1cn(-c2ncc(C(F)(F)F)cc2Cl)c2ccccc12. The number of amides is 1. The third kappa shape index (κ3) is 2.96. The largest absolute Gasteiger partial charge is 0.417 e. The van der Waals surface area contributed by atoms with Crippen LogP contribution < -0.4 is 5.73 Å². The van der Waals surface area contributed by atoms with Crippen LogP contribution in [0.4, 0.5) is 13.2 Å². The van der Waals surface area contributed by atoms with Gasteiger partial charge in [-0.05, 0) is 12.1 Å². The molecule has 2 aromatic heterocycles. The number of fused-ring (bicyclic) bond motifs is 1. The number of hydrogen-bond donors (Lipinski definition) is 1. The Morgan fingerprint density at radius 3 is 2.48 bits per heavy atom. The summed E-state index contributed by atoms with van der Waals surface area (Å²) < 4.78 is 39.6. The Hall–Kier alpha value is -2.87. The second-order valence-corrected chi connectivity index (χ2v) is 5.56. The van der Waals surface area contributed by atoms with E-state index < -0.39 is 23.4 Å². The lowest BCUT2D eigenvalue weighted by Crippen LogP contribution is -2.22. The Labute approximate surface area is 143 Å². The van der Waals surface area contributed by atoms with Crippen LogP contribution in [0.5, 0.6) is 0 Å². The molecule has 3 aromatic rings. The minimum absolute atomic E-state index is 0.00520. The molecule has 2 N–H and O–H groups in total. The van der Waals surface area contributed by atoms with Gasteiger partial charge in [0.1, 0.15) is 0 Å². The van der Waals surface area contributed by atoms with Crippen molar-refractivity contribution in [3.05, 3.63) is 58.9 Å². The molecule has 0 saturated carbocycles. The predicted molar refractivity (Wildman–Crippen MR) is 84.6 cm³/mol. The minimum atomic E-state index is -4.58. The number of Topliss-reactive ketones (excluding diaryl/α,β-unsaturated/α-hetero) is 1. The van der Waals surface area contributed by atoms with Crippen LogP contribution in [-0.4, -0.2) is 21.2 Å². The van der Waals surface area contributed by atoms with Gasteiger partial charge in [-0.25, -0.2) is 4.98 Å². The average Bonchev–Trinajstić information content (AvgIpc) is 2.92. The molecule has 5 nitrogen and oxygen atoms in total. The fourth-order valence-electron chi connectivity index (χ4n) is 2.43. The summed E-state index contributed by atoms with van der Waals surface area (Å²) in [7, 11) is 0. The molecular formula is C16H9ClF3N3O2. The number of nitrogens with two attached hydrogens (primary N) is 1. The predicted octanol–water partition coefficient (Wildman–Crippen LogP) is 3.37. The van der Waals surface area contributed by atoms with Crippen molar-refractivity contribution in [2.75, 3.05) is 0 Å². The maximum atomic E-state index is 12.8. The van der Waals surface area contributed by atoms with Gasteiger partial charge in [0.15, 0.2) is 5.82 Å². The van der Waals surface area contributed by atoms with E-state index in [-0.39, 0.29) is 16.4 Å². The van der Waals surface area contributed by atoms with E-state index in [0.717, 1.165) is 6.07 Å². The number of rotatable bonds is 3. The van der Waals surface area contributed by atoms with Gasteiger partial charge >= 0.3 is 6.18 Å². The fraction of sp³-hybridized carbons (Fsp3) is 0.0625. The number of carbonyl (C=O) groups is 2. The monoisotopic (exact) mass is 367 g/mol. The minimum Gasteiger partial charge on any atom is -0.363 e. The fourth-order valence-corrected chi connectivity index (χ4v) is 2.69. The van der Waals surface area contributed by atoms with Gasteiger partial charge in [-0.2, -0.15) is 13.2 Å². The van der Waals surface area contributed by atoms with Crippen LogP contribution in [0.25, 0.3) is 16.7 Å². The molecule has 0 bridgehead atoms. The number of benzene rings is 1. The zero-order chi connectivity index (χ0) is 18.4. The van der Waals surface area contributed by atoms with E-state index in [2.05, 4.69) is 4.98 Å². The van der Waals surface area contributed by atoms with Gasteiger partial charge < -0.3 is 5.73 Å². The molecule has 1 amide bonds. The first-order chi connectivity index (χ1) is 11.7. The number of pyridine rings is 1. The molecule has 0 radical (unpaired) electrons. The number of ketones is 1. The summed E-state index contributed by atoms with van der Waals surface area (Å²) in [6.07, 6.45) is -2.66. The molecule has 0 spiro atoms. The second kappa shape index (κ2) is 5.89. The summed E-state index contributed by atoms with van der Waals surface area (Å²) in [6.45, 7) is 0. The summed E-state index contributed by atoms with van der Waals surface area (Å²) >= 11 is 5.96. The van der Waals surface area contributed by atoms with E-state index >= 15 is 0 Å². The Morgan fingerprint density at radius 1 is 1.20 bits per heavy atom. The van der Waals surface area contributed by atoms with Gasteiger partial charge in [0, 0.05) is 17.8 Å². The maximum absolute atomic E-state index is 12.8. The van der Waals surface area contributed by atoms with Gasteiger partial charge in [-0.3, -0.25) is 14.2 Å². The van der Waals surface area contributed by atoms with Crippen molar-refractivity contribution in [1.82, 2.24) is 9.55 Å². The van der Waals surface area contributed by atoms with E-state index in [1.807, 2.05) is 0 Å². The maximum Gasteiger partial charge on any atom is 0.417 e. The van der Waals surface area contributed by atoms with Crippen LogP contribution in [0.2, 0.25) is 5.02 Å². The second-order valence-electron chi connectivity index (χ2n) is 5.15. The number of halogens is 4. The molecule has 3 rings (SSSR count). The summed E-state index contributed by atoms with van der Waals surface area (Å²) in [5.41, 5.74) is 4.51. The Balaban J connectivity index is 2.23. The quantitative estimate of drug-likeness (QED) is 0.569. The van der Waals surface area contributed by atoms with Gasteiger partial charge in [-0.1, -0.05) is 29.8 Å². The molecule has 0 atom stereocenters. The highest BCUT2D eigenvalue weighted by Crippen LogP contribution is 2.33. The molecule has 0 aliphatic heterocycles. The van der Waals surface area contributed by atoms with E-state index in [4.69, 9.17) is 17.3 Å². The van der Waals surface area contributed by atoms with Gasteiger partial charge in [-0.15, -0.1) is 0 Å². The van der Waals surface area contributed by atoms with Crippen LogP contribution >= 0.6 is 11.6 Å². The molecule has 0 saturated heterocycles. The first-order valence-electron chi connectivity index (χ1n) is 6.87. The Bertz CT molecular complexity index is 1010. The lowest BCUT2D eigenvalue weighted by Gasteiger charge is -2.10. The average molecular weight is 368 g/mol. The normalized spacial score (nSPS) is 11.7. The topological polar surface area (TPSA) is 78.0 Å². The number of alkyl halides is 3. The lowest BCUT2D eigenvalue weighted by molar-refractivity contribution is -0.137. The van der Waals surface area contributed by atoms with Crippen molar-refractivity contribution in [3.8, 4) is 5.82 Å². The van der Waals surface area contributed by atoms with Crippen LogP contribution in [0, 0.1) is 0 Å². The Morgan fingerprint density at radius 2 is 1.88 bits per heavy atom. The Kier molecular flexibility index (Phi) is 4.00. The summed E-state index contributed by atoms with van der Waals surface area (Å²) in [5, 5.41) is 0.151. The third-order valence-corrected chi connectivity index (χ3v) is 3.84. The summed E-state index contributed by atoms with van der Waals surface area (Å²) in [4.78, 5) is 27.0. The molecule has 0 aliphatic rings. The van der Waals surface area contributed by atoms with E-state index in [1.54, 1.807) is 24.3 Å². The number of primary amides is 1. The smallest absolute Gasteiger partial charge is 0.363 e. The molecule has 9 heteroatoms. The number of para-hydroxylation sites is 1. The van der Waals surface area contributed by atoms with Crippen molar-refractivity contribution < 1.29 is 22.8 Å². The van der Waals surface area contributed by atoms with E-state index in [1.165, 1.54) is 10.8 Å². The number of hydrogen-bond acceptors (Lipinski definition) is 3. The molecular weight excluding hydrogens is 359 g/mol. The summed E-state index contributed by atoms with van der Waals surface area (Å²) in [6, 6.07) is 7.25. The van der Waals surface area contributed by atoms with Gasteiger partial charge in [0.05, 0.1) is 21.7 Å². The molecule has 0 unspecified atom stereocenters. The van der Waals surface area contributed by atoms with Crippen molar-refractivity contribution in [2.24, 2.45) is 5.73 Å². The number of aromatic nitrogens is 2. The van der Waals surface area contributed by atoms with Crippen LogP contribution in [0.15, 0.2) is 42.7 Å². The van der Waals surface area contributed by atoms with Crippen LogP contribution in [-0.2, 0) is 11.0 Å². The number of carbonyl (C=O) groups excluding carboxylic acids is 2.